The standard InChI is InChI=1S/C8H18IN/c1-8(2,3)4-6-10-7-5-9/h10H,4-7H2,1-3H3. The van der Waals surface area contributed by atoms with E-state index in [1.165, 1.54) is 10.8 Å². The third-order valence-electron chi connectivity index (χ3n) is 1.32. The monoisotopic (exact) mass is 255 g/mol. The van der Waals surface area contributed by atoms with Gasteiger partial charge in [-0.25, -0.2) is 0 Å². The average molecular weight is 255 g/mol. The number of hydrogen-bond acceptors (Lipinski definition) is 1. The van der Waals surface area contributed by atoms with Crippen LogP contribution in [0.15, 0.2) is 0 Å². The molecule has 10 heavy (non-hydrogen) atoms. The molecule has 0 aromatic carbocycles. The van der Waals surface area contributed by atoms with Crippen molar-refractivity contribution in [2.75, 3.05) is 17.5 Å². The van der Waals surface area contributed by atoms with Crippen LogP contribution in [-0.4, -0.2) is 17.5 Å². The van der Waals surface area contributed by atoms with Crippen molar-refractivity contribution < 1.29 is 0 Å². The van der Waals surface area contributed by atoms with E-state index in [2.05, 4.69) is 48.7 Å². The van der Waals surface area contributed by atoms with Gasteiger partial charge in [0.25, 0.3) is 0 Å². The van der Waals surface area contributed by atoms with Crippen LogP contribution >= 0.6 is 22.6 Å². The molecule has 0 aliphatic carbocycles. The van der Waals surface area contributed by atoms with Gasteiger partial charge in [0.05, 0.1) is 0 Å². The first kappa shape index (κ1) is 10.7. The minimum atomic E-state index is 0.484. The van der Waals surface area contributed by atoms with E-state index in [-0.39, 0.29) is 0 Å². The van der Waals surface area contributed by atoms with E-state index < -0.39 is 0 Å². The SMILES string of the molecule is CC(C)(C)CCNCCI. The molecule has 0 aliphatic heterocycles. The summed E-state index contributed by atoms with van der Waals surface area (Å²) in [6.07, 6.45) is 1.27. The lowest BCUT2D eigenvalue weighted by Crippen LogP contribution is -2.22. The van der Waals surface area contributed by atoms with Gasteiger partial charge in [0.1, 0.15) is 0 Å². The number of hydrogen-bond donors (Lipinski definition) is 1. The van der Waals surface area contributed by atoms with E-state index in [1.807, 2.05) is 0 Å². The molecule has 0 saturated carbocycles. The predicted molar refractivity (Wildman–Crippen MR) is 55.8 cm³/mol. The summed E-state index contributed by atoms with van der Waals surface area (Å²) in [5, 5.41) is 3.38. The van der Waals surface area contributed by atoms with Gasteiger partial charge < -0.3 is 5.32 Å². The lowest BCUT2D eigenvalue weighted by atomic mass is 9.92. The fraction of sp³-hybridized carbons (Fsp3) is 1.00. The van der Waals surface area contributed by atoms with Crippen LogP contribution in [0.4, 0.5) is 0 Å². The molecule has 1 N–H and O–H groups in total. The quantitative estimate of drug-likeness (QED) is 0.462. The highest BCUT2D eigenvalue weighted by Gasteiger charge is 2.07. The topological polar surface area (TPSA) is 12.0 Å². The van der Waals surface area contributed by atoms with Crippen molar-refractivity contribution in [2.45, 2.75) is 27.2 Å². The minimum Gasteiger partial charge on any atom is -0.316 e. The van der Waals surface area contributed by atoms with Crippen LogP contribution in [0.5, 0.6) is 0 Å². The van der Waals surface area contributed by atoms with Gasteiger partial charge in [-0.2, -0.15) is 0 Å². The van der Waals surface area contributed by atoms with Crippen molar-refractivity contribution >= 4 is 22.6 Å². The van der Waals surface area contributed by atoms with Gasteiger partial charge in [0, 0.05) is 11.0 Å². The number of rotatable bonds is 4. The normalized spacial score (nSPS) is 12.0. The molecule has 0 aromatic heterocycles. The van der Waals surface area contributed by atoms with Crippen molar-refractivity contribution in [3.8, 4) is 0 Å². The summed E-state index contributed by atoms with van der Waals surface area (Å²) >= 11 is 2.39. The van der Waals surface area contributed by atoms with Crippen LogP contribution in [-0.2, 0) is 0 Å². The van der Waals surface area contributed by atoms with Gasteiger partial charge in [-0.1, -0.05) is 43.4 Å². The van der Waals surface area contributed by atoms with Gasteiger partial charge in [-0.05, 0) is 18.4 Å². The summed E-state index contributed by atoms with van der Waals surface area (Å²) < 4.78 is 1.21. The summed E-state index contributed by atoms with van der Waals surface area (Å²) in [6, 6.07) is 0. The molecule has 1 nitrogen and oxygen atoms in total. The summed E-state index contributed by atoms with van der Waals surface area (Å²) in [4.78, 5) is 0. The fourth-order valence-corrected chi connectivity index (χ4v) is 1.04. The molecule has 0 atom stereocenters. The van der Waals surface area contributed by atoms with Crippen LogP contribution in [0.1, 0.15) is 27.2 Å². The van der Waals surface area contributed by atoms with Gasteiger partial charge in [0.15, 0.2) is 0 Å². The van der Waals surface area contributed by atoms with Crippen LogP contribution in [0, 0.1) is 5.41 Å². The Morgan fingerprint density at radius 3 is 2.20 bits per heavy atom. The molecule has 0 radical (unpaired) electrons. The van der Waals surface area contributed by atoms with Crippen molar-refractivity contribution in [3.05, 3.63) is 0 Å². The highest BCUT2D eigenvalue weighted by Crippen LogP contribution is 2.16. The largest absolute Gasteiger partial charge is 0.316 e. The molecular formula is C8H18IN. The Morgan fingerprint density at radius 1 is 1.20 bits per heavy atom. The van der Waals surface area contributed by atoms with Crippen molar-refractivity contribution in [1.29, 1.82) is 0 Å². The maximum absolute atomic E-state index is 3.38. The highest BCUT2D eigenvalue weighted by molar-refractivity contribution is 14.1. The van der Waals surface area contributed by atoms with E-state index in [1.54, 1.807) is 0 Å². The van der Waals surface area contributed by atoms with Crippen LogP contribution in [0.25, 0.3) is 0 Å². The summed E-state index contributed by atoms with van der Waals surface area (Å²) in [5.74, 6) is 0. The average Bonchev–Trinajstić information content (AvgIpc) is 1.78. The van der Waals surface area contributed by atoms with E-state index in [9.17, 15) is 0 Å². The first-order valence-corrected chi connectivity index (χ1v) is 5.35. The Labute approximate surface area is 78.1 Å². The third-order valence-corrected chi connectivity index (χ3v) is 1.86. The molecule has 0 unspecified atom stereocenters. The first-order chi connectivity index (χ1) is 4.56. The maximum atomic E-state index is 3.38. The zero-order valence-corrected chi connectivity index (χ0v) is 9.36. The van der Waals surface area contributed by atoms with E-state index in [4.69, 9.17) is 0 Å². The predicted octanol–water partition coefficient (Wildman–Crippen LogP) is 2.45. The zero-order valence-electron chi connectivity index (χ0n) is 7.21. The van der Waals surface area contributed by atoms with E-state index >= 15 is 0 Å². The Morgan fingerprint density at radius 2 is 1.80 bits per heavy atom. The minimum absolute atomic E-state index is 0.484. The second kappa shape index (κ2) is 5.35. The zero-order chi connectivity index (χ0) is 8.04. The summed E-state index contributed by atoms with van der Waals surface area (Å²) in [7, 11) is 0. The molecule has 0 saturated heterocycles. The van der Waals surface area contributed by atoms with Gasteiger partial charge in [-0.15, -0.1) is 0 Å². The molecule has 0 aliphatic rings. The lowest BCUT2D eigenvalue weighted by Gasteiger charge is -2.17. The van der Waals surface area contributed by atoms with E-state index in [0.29, 0.717) is 5.41 Å². The van der Waals surface area contributed by atoms with Crippen LogP contribution in [0.3, 0.4) is 0 Å². The molecule has 2 heteroatoms. The number of halogens is 1. The second-order valence-corrected chi connectivity index (χ2v) is 4.83. The molecule has 0 rings (SSSR count). The smallest absolute Gasteiger partial charge is 0.0121 e. The Bertz CT molecular complexity index is 75.8. The maximum Gasteiger partial charge on any atom is 0.0121 e. The molecule has 0 aromatic rings. The molecule has 0 spiro atoms. The molecular weight excluding hydrogens is 237 g/mol. The first-order valence-electron chi connectivity index (χ1n) is 3.83. The van der Waals surface area contributed by atoms with E-state index in [0.717, 1.165) is 13.1 Å². The number of nitrogens with one attached hydrogen (secondary N) is 1. The van der Waals surface area contributed by atoms with Crippen molar-refractivity contribution in [3.63, 3.8) is 0 Å². The third kappa shape index (κ3) is 8.69. The molecule has 0 heterocycles. The van der Waals surface area contributed by atoms with Crippen LogP contribution in [0.2, 0.25) is 0 Å². The van der Waals surface area contributed by atoms with Gasteiger partial charge in [0.2, 0.25) is 0 Å². The molecule has 0 amide bonds. The van der Waals surface area contributed by atoms with Crippen LogP contribution < -0.4 is 5.32 Å². The Hall–Kier alpha value is 0.690. The number of alkyl halides is 1. The molecule has 62 valence electrons. The lowest BCUT2D eigenvalue weighted by molar-refractivity contribution is 0.369. The molecule has 0 fully saturated rings. The Balaban J connectivity index is 3.04. The highest BCUT2D eigenvalue weighted by atomic mass is 127. The molecule has 0 bridgehead atoms. The summed E-state index contributed by atoms with van der Waals surface area (Å²) in [6.45, 7) is 9.14. The second-order valence-electron chi connectivity index (χ2n) is 3.75. The van der Waals surface area contributed by atoms with Gasteiger partial charge in [-0.3, -0.25) is 0 Å². The van der Waals surface area contributed by atoms with Crippen molar-refractivity contribution in [1.82, 2.24) is 5.32 Å². The Kier molecular flexibility index (Phi) is 5.72. The summed E-state index contributed by atoms with van der Waals surface area (Å²) in [5.41, 5.74) is 0.484. The fourth-order valence-electron chi connectivity index (χ4n) is 0.655. The van der Waals surface area contributed by atoms with Crippen molar-refractivity contribution in [2.24, 2.45) is 5.41 Å². The van der Waals surface area contributed by atoms with Gasteiger partial charge >= 0.3 is 0 Å².